The van der Waals surface area contributed by atoms with E-state index < -0.39 is 0 Å². The maximum Gasteiger partial charge on any atom is 0.255 e. The van der Waals surface area contributed by atoms with Crippen LogP contribution in [0.4, 0.5) is 0 Å². The summed E-state index contributed by atoms with van der Waals surface area (Å²) in [5, 5.41) is 8.27. The van der Waals surface area contributed by atoms with Crippen LogP contribution in [0.5, 0.6) is 0 Å². The smallest absolute Gasteiger partial charge is 0.255 e. The Morgan fingerprint density at radius 1 is 1.10 bits per heavy atom. The van der Waals surface area contributed by atoms with E-state index in [-0.39, 0.29) is 29.7 Å². The highest BCUT2D eigenvalue weighted by Gasteiger charge is 2.27. The van der Waals surface area contributed by atoms with E-state index in [1.54, 1.807) is 10.9 Å². The number of halogens is 1. The first-order valence-electron chi connectivity index (χ1n) is 10.2. The number of aromatic nitrogens is 2. The van der Waals surface area contributed by atoms with E-state index in [9.17, 15) is 9.59 Å². The molecule has 0 bridgehead atoms. The number of likely N-dealkylation sites (tertiary alicyclic amines) is 1. The van der Waals surface area contributed by atoms with Gasteiger partial charge in [0.2, 0.25) is 5.91 Å². The fourth-order valence-electron chi connectivity index (χ4n) is 3.75. The van der Waals surface area contributed by atoms with E-state index >= 15 is 0 Å². The first-order valence-corrected chi connectivity index (χ1v) is 10.6. The monoisotopic (exact) mass is 416 g/mol. The standard InChI is InChI=1S/C22H29ClN4O2/c1-14(2)20-19(13-24-27(20)18-7-5-16(23)6-8-18)21(28)25-17-9-11-26(12-10-17)22(29)15(3)4/h5-8,13-15,17H,9-12H2,1-4H3,(H,25,28). The molecule has 1 aromatic carbocycles. The quantitative estimate of drug-likeness (QED) is 0.800. The van der Waals surface area contributed by atoms with Gasteiger partial charge in [-0.2, -0.15) is 5.10 Å². The highest BCUT2D eigenvalue weighted by Crippen LogP contribution is 2.24. The van der Waals surface area contributed by atoms with Crippen molar-refractivity contribution in [2.45, 2.75) is 52.5 Å². The van der Waals surface area contributed by atoms with Gasteiger partial charge in [-0.3, -0.25) is 9.59 Å². The number of carbonyl (C=O) groups is 2. The molecule has 1 fully saturated rings. The van der Waals surface area contributed by atoms with Gasteiger partial charge < -0.3 is 10.2 Å². The van der Waals surface area contributed by atoms with Gasteiger partial charge >= 0.3 is 0 Å². The number of nitrogens with one attached hydrogen (secondary N) is 1. The third-order valence-corrected chi connectivity index (χ3v) is 5.56. The van der Waals surface area contributed by atoms with Crippen molar-refractivity contribution >= 4 is 23.4 Å². The zero-order chi connectivity index (χ0) is 21.1. The van der Waals surface area contributed by atoms with Crippen LogP contribution in [0.1, 0.15) is 62.5 Å². The molecule has 0 unspecified atom stereocenters. The lowest BCUT2D eigenvalue weighted by Crippen LogP contribution is -2.47. The Morgan fingerprint density at radius 3 is 2.28 bits per heavy atom. The van der Waals surface area contributed by atoms with E-state index in [0.717, 1.165) is 24.2 Å². The van der Waals surface area contributed by atoms with Crippen LogP contribution in [0.15, 0.2) is 30.5 Å². The van der Waals surface area contributed by atoms with Gasteiger partial charge in [0, 0.05) is 30.1 Å². The molecule has 156 valence electrons. The molecule has 1 saturated heterocycles. The molecular formula is C22H29ClN4O2. The van der Waals surface area contributed by atoms with Gasteiger partial charge in [-0.25, -0.2) is 4.68 Å². The van der Waals surface area contributed by atoms with Gasteiger partial charge in [-0.05, 0) is 43.0 Å². The maximum absolute atomic E-state index is 13.0. The minimum atomic E-state index is -0.109. The summed E-state index contributed by atoms with van der Waals surface area (Å²) in [5.41, 5.74) is 2.34. The number of amides is 2. The Morgan fingerprint density at radius 2 is 1.72 bits per heavy atom. The van der Waals surface area contributed by atoms with Gasteiger partial charge in [-0.15, -0.1) is 0 Å². The lowest BCUT2D eigenvalue weighted by Gasteiger charge is -2.33. The van der Waals surface area contributed by atoms with Crippen LogP contribution in [-0.4, -0.2) is 45.6 Å². The topological polar surface area (TPSA) is 67.2 Å². The SMILES string of the molecule is CC(C)C(=O)N1CCC(NC(=O)c2cnn(-c3ccc(Cl)cc3)c2C(C)C)CC1. The average molecular weight is 417 g/mol. The molecule has 6 nitrogen and oxygen atoms in total. The van der Waals surface area contributed by atoms with E-state index in [1.165, 1.54) is 0 Å². The largest absolute Gasteiger partial charge is 0.349 e. The van der Waals surface area contributed by atoms with Crippen LogP contribution in [-0.2, 0) is 4.79 Å². The van der Waals surface area contributed by atoms with Crippen LogP contribution in [0.2, 0.25) is 5.02 Å². The van der Waals surface area contributed by atoms with Crippen molar-refractivity contribution in [3.8, 4) is 5.69 Å². The Labute approximate surface area is 177 Å². The van der Waals surface area contributed by atoms with Crippen molar-refractivity contribution in [2.24, 2.45) is 5.92 Å². The third kappa shape index (κ3) is 4.81. The predicted molar refractivity (Wildman–Crippen MR) is 115 cm³/mol. The maximum atomic E-state index is 13.0. The summed E-state index contributed by atoms with van der Waals surface area (Å²) in [6.45, 7) is 9.31. The number of benzene rings is 1. The molecule has 2 heterocycles. The second-order valence-corrected chi connectivity index (χ2v) is 8.65. The second-order valence-electron chi connectivity index (χ2n) is 8.21. The first-order chi connectivity index (χ1) is 13.8. The Kier molecular flexibility index (Phi) is 6.63. The van der Waals surface area contributed by atoms with Gasteiger partial charge in [0.15, 0.2) is 0 Å². The molecule has 0 spiro atoms. The van der Waals surface area contributed by atoms with Crippen molar-refractivity contribution in [1.82, 2.24) is 20.0 Å². The number of piperidine rings is 1. The molecular weight excluding hydrogens is 388 g/mol. The number of carbonyl (C=O) groups excluding carboxylic acids is 2. The number of hydrogen-bond acceptors (Lipinski definition) is 3. The zero-order valence-electron chi connectivity index (χ0n) is 17.5. The molecule has 1 aromatic heterocycles. The van der Waals surface area contributed by atoms with Gasteiger partial charge in [0.25, 0.3) is 5.91 Å². The summed E-state index contributed by atoms with van der Waals surface area (Å²) in [6, 6.07) is 7.48. The molecule has 1 N–H and O–H groups in total. The van der Waals surface area contributed by atoms with Crippen LogP contribution >= 0.6 is 11.6 Å². The summed E-state index contributed by atoms with van der Waals surface area (Å²) >= 11 is 5.99. The van der Waals surface area contributed by atoms with E-state index in [2.05, 4.69) is 24.3 Å². The highest BCUT2D eigenvalue weighted by atomic mass is 35.5. The summed E-state index contributed by atoms with van der Waals surface area (Å²) in [5.74, 6) is 0.205. The molecule has 0 radical (unpaired) electrons. The van der Waals surface area contributed by atoms with Crippen LogP contribution in [0, 0.1) is 5.92 Å². The van der Waals surface area contributed by atoms with Crippen molar-refractivity contribution in [2.75, 3.05) is 13.1 Å². The summed E-state index contributed by atoms with van der Waals surface area (Å²) < 4.78 is 1.81. The molecule has 3 rings (SSSR count). The summed E-state index contributed by atoms with van der Waals surface area (Å²) in [6.07, 6.45) is 3.18. The molecule has 1 aliphatic heterocycles. The molecule has 1 aliphatic rings. The lowest BCUT2D eigenvalue weighted by molar-refractivity contribution is -0.135. The van der Waals surface area contributed by atoms with Crippen LogP contribution < -0.4 is 5.32 Å². The summed E-state index contributed by atoms with van der Waals surface area (Å²) in [7, 11) is 0. The predicted octanol–water partition coefficient (Wildman–Crippen LogP) is 4.03. The molecule has 2 amide bonds. The molecule has 0 saturated carbocycles. The van der Waals surface area contributed by atoms with Crippen molar-refractivity contribution in [1.29, 1.82) is 0 Å². The Bertz CT molecular complexity index is 865. The fourth-order valence-corrected chi connectivity index (χ4v) is 3.87. The van der Waals surface area contributed by atoms with Crippen LogP contribution in [0.3, 0.4) is 0 Å². The second kappa shape index (κ2) is 8.99. The normalized spacial score (nSPS) is 15.2. The number of rotatable bonds is 5. The number of nitrogens with zero attached hydrogens (tertiary/aromatic N) is 3. The average Bonchev–Trinajstić information content (AvgIpc) is 3.14. The Balaban J connectivity index is 1.72. The molecule has 29 heavy (non-hydrogen) atoms. The molecule has 0 aliphatic carbocycles. The van der Waals surface area contributed by atoms with Gasteiger partial charge in [0.05, 0.1) is 23.1 Å². The van der Waals surface area contributed by atoms with Crippen LogP contribution in [0.25, 0.3) is 5.69 Å². The minimum absolute atomic E-state index is 0.00782. The van der Waals surface area contributed by atoms with Gasteiger partial charge in [0.1, 0.15) is 0 Å². The Hall–Kier alpha value is -2.34. The zero-order valence-corrected chi connectivity index (χ0v) is 18.2. The third-order valence-electron chi connectivity index (χ3n) is 5.30. The van der Waals surface area contributed by atoms with E-state index in [0.29, 0.717) is 23.7 Å². The molecule has 2 aromatic rings. The van der Waals surface area contributed by atoms with Crippen molar-refractivity contribution in [3.63, 3.8) is 0 Å². The first kappa shape index (κ1) is 21.4. The molecule has 7 heteroatoms. The summed E-state index contributed by atoms with van der Waals surface area (Å²) in [4.78, 5) is 27.0. The minimum Gasteiger partial charge on any atom is -0.349 e. The highest BCUT2D eigenvalue weighted by molar-refractivity contribution is 6.30. The fraction of sp³-hybridized carbons (Fsp3) is 0.500. The van der Waals surface area contributed by atoms with Crippen molar-refractivity contribution < 1.29 is 9.59 Å². The van der Waals surface area contributed by atoms with E-state index in [4.69, 9.17) is 11.6 Å². The molecule has 0 atom stereocenters. The van der Waals surface area contributed by atoms with E-state index in [1.807, 2.05) is 43.0 Å². The van der Waals surface area contributed by atoms with Crippen molar-refractivity contribution in [3.05, 3.63) is 46.7 Å². The van der Waals surface area contributed by atoms with Gasteiger partial charge in [-0.1, -0.05) is 39.3 Å². The lowest BCUT2D eigenvalue weighted by atomic mass is 10.0. The number of hydrogen-bond donors (Lipinski definition) is 1.